The second-order valence-electron chi connectivity index (χ2n) is 4.25. The number of nitrogens with two attached hydrogens (primary N) is 1. The summed E-state index contributed by atoms with van der Waals surface area (Å²) in [4.78, 5) is 2.26. The lowest BCUT2D eigenvalue weighted by Gasteiger charge is -2.28. The molecular formula is C10H22N2O2. The fourth-order valence-corrected chi connectivity index (χ4v) is 1.84. The van der Waals surface area contributed by atoms with Crippen LogP contribution in [0.3, 0.4) is 0 Å². The topological polar surface area (TPSA) is 47.7 Å². The van der Waals surface area contributed by atoms with Gasteiger partial charge in [-0.05, 0) is 19.9 Å². The molecule has 0 saturated carbocycles. The van der Waals surface area contributed by atoms with Crippen molar-refractivity contribution < 1.29 is 9.47 Å². The summed E-state index contributed by atoms with van der Waals surface area (Å²) in [7, 11) is 3.83. The molecule has 1 aliphatic rings. The number of hydrogen-bond donors (Lipinski definition) is 1. The Bertz CT molecular complexity index is 158. The number of likely N-dealkylation sites (N-methyl/N-ethyl adjacent to an activating group) is 1. The molecule has 0 aliphatic carbocycles. The fraction of sp³-hybridized carbons (Fsp3) is 1.00. The van der Waals surface area contributed by atoms with E-state index in [1.54, 1.807) is 7.11 Å². The van der Waals surface area contributed by atoms with E-state index in [1.165, 1.54) is 0 Å². The molecule has 4 nitrogen and oxygen atoms in total. The molecule has 1 atom stereocenters. The molecular weight excluding hydrogens is 180 g/mol. The molecule has 0 spiro atoms. The van der Waals surface area contributed by atoms with Crippen LogP contribution in [0, 0.1) is 0 Å². The van der Waals surface area contributed by atoms with Crippen LogP contribution in [0.15, 0.2) is 0 Å². The molecule has 1 rings (SSSR count). The number of methoxy groups -OCH3 is 1. The Morgan fingerprint density at radius 1 is 1.57 bits per heavy atom. The third-order valence-corrected chi connectivity index (χ3v) is 2.61. The van der Waals surface area contributed by atoms with Gasteiger partial charge in [0.25, 0.3) is 0 Å². The van der Waals surface area contributed by atoms with Gasteiger partial charge in [0.1, 0.15) is 0 Å². The highest BCUT2D eigenvalue weighted by Gasteiger charge is 2.31. The van der Waals surface area contributed by atoms with E-state index < -0.39 is 0 Å². The molecule has 0 amide bonds. The lowest BCUT2D eigenvalue weighted by atomic mass is 10.00. The Kier molecular flexibility index (Phi) is 4.81. The summed E-state index contributed by atoms with van der Waals surface area (Å²) in [5.74, 6) is 0. The third-order valence-electron chi connectivity index (χ3n) is 2.61. The molecule has 4 heteroatoms. The average Bonchev–Trinajstić information content (AvgIpc) is 2.52. The van der Waals surface area contributed by atoms with Crippen molar-refractivity contribution in [1.29, 1.82) is 0 Å². The van der Waals surface area contributed by atoms with E-state index in [0.29, 0.717) is 6.61 Å². The van der Waals surface area contributed by atoms with Gasteiger partial charge < -0.3 is 20.1 Å². The molecule has 1 saturated heterocycles. The Hall–Kier alpha value is -0.160. The van der Waals surface area contributed by atoms with E-state index in [2.05, 4.69) is 11.9 Å². The standard InChI is InChI=1S/C10H22N2O2/c1-12(5-3-6-13-2)8-10(11)4-7-14-9-10/h3-9,11H2,1-2H3. The second-order valence-corrected chi connectivity index (χ2v) is 4.25. The summed E-state index contributed by atoms with van der Waals surface area (Å²) in [6, 6.07) is 0. The normalized spacial score (nSPS) is 27.4. The van der Waals surface area contributed by atoms with Crippen LogP contribution < -0.4 is 5.73 Å². The van der Waals surface area contributed by atoms with Gasteiger partial charge in [0.15, 0.2) is 0 Å². The smallest absolute Gasteiger partial charge is 0.0659 e. The van der Waals surface area contributed by atoms with Gasteiger partial charge in [0.2, 0.25) is 0 Å². The fourth-order valence-electron chi connectivity index (χ4n) is 1.84. The first-order valence-corrected chi connectivity index (χ1v) is 5.20. The van der Waals surface area contributed by atoms with Crippen LogP contribution >= 0.6 is 0 Å². The van der Waals surface area contributed by atoms with Crippen molar-refractivity contribution in [3.05, 3.63) is 0 Å². The number of ether oxygens (including phenoxy) is 2. The first-order chi connectivity index (χ1) is 6.66. The zero-order chi connectivity index (χ0) is 10.4. The molecule has 1 unspecified atom stereocenters. The van der Waals surface area contributed by atoms with Crippen LogP contribution in [-0.4, -0.2) is 57.5 Å². The zero-order valence-electron chi connectivity index (χ0n) is 9.29. The number of nitrogens with zero attached hydrogens (tertiary/aromatic N) is 1. The van der Waals surface area contributed by atoms with Crippen molar-refractivity contribution >= 4 is 0 Å². The Morgan fingerprint density at radius 3 is 2.93 bits per heavy atom. The maximum Gasteiger partial charge on any atom is 0.0659 e. The Morgan fingerprint density at radius 2 is 2.36 bits per heavy atom. The monoisotopic (exact) mass is 202 g/mol. The number of hydrogen-bond acceptors (Lipinski definition) is 4. The van der Waals surface area contributed by atoms with Crippen LogP contribution in [0.4, 0.5) is 0 Å². The van der Waals surface area contributed by atoms with Gasteiger partial charge in [0, 0.05) is 33.4 Å². The highest BCUT2D eigenvalue weighted by atomic mass is 16.5. The van der Waals surface area contributed by atoms with Gasteiger partial charge in [-0.15, -0.1) is 0 Å². The van der Waals surface area contributed by atoms with Gasteiger partial charge in [0.05, 0.1) is 12.1 Å². The van der Waals surface area contributed by atoms with E-state index in [4.69, 9.17) is 15.2 Å². The summed E-state index contributed by atoms with van der Waals surface area (Å²) < 4.78 is 10.3. The summed E-state index contributed by atoms with van der Waals surface area (Å²) >= 11 is 0. The largest absolute Gasteiger partial charge is 0.385 e. The summed E-state index contributed by atoms with van der Waals surface area (Å²) in [5.41, 5.74) is 6.04. The minimum Gasteiger partial charge on any atom is -0.385 e. The van der Waals surface area contributed by atoms with Crippen molar-refractivity contribution in [3.8, 4) is 0 Å². The Balaban J connectivity index is 2.15. The van der Waals surface area contributed by atoms with Crippen molar-refractivity contribution in [3.63, 3.8) is 0 Å². The second kappa shape index (κ2) is 5.66. The molecule has 14 heavy (non-hydrogen) atoms. The first kappa shape index (κ1) is 11.9. The molecule has 0 aromatic rings. The van der Waals surface area contributed by atoms with Crippen molar-refractivity contribution in [2.45, 2.75) is 18.4 Å². The van der Waals surface area contributed by atoms with Gasteiger partial charge in [-0.25, -0.2) is 0 Å². The van der Waals surface area contributed by atoms with Crippen molar-refractivity contribution in [2.75, 3.05) is 47.1 Å². The van der Waals surface area contributed by atoms with Crippen LogP contribution in [0.2, 0.25) is 0 Å². The minimum absolute atomic E-state index is 0.123. The van der Waals surface area contributed by atoms with E-state index in [-0.39, 0.29) is 5.54 Å². The Labute approximate surface area is 86.3 Å². The maximum absolute atomic E-state index is 6.17. The van der Waals surface area contributed by atoms with Crippen LogP contribution in [-0.2, 0) is 9.47 Å². The molecule has 0 aromatic carbocycles. The zero-order valence-corrected chi connectivity index (χ0v) is 9.29. The highest BCUT2D eigenvalue weighted by molar-refractivity contribution is 4.90. The van der Waals surface area contributed by atoms with Gasteiger partial charge >= 0.3 is 0 Å². The lowest BCUT2D eigenvalue weighted by Crippen LogP contribution is -2.50. The quantitative estimate of drug-likeness (QED) is 0.619. The first-order valence-electron chi connectivity index (χ1n) is 5.20. The van der Waals surface area contributed by atoms with E-state index in [1.807, 2.05) is 0 Å². The van der Waals surface area contributed by atoms with E-state index >= 15 is 0 Å². The molecule has 0 radical (unpaired) electrons. The van der Waals surface area contributed by atoms with E-state index in [9.17, 15) is 0 Å². The van der Waals surface area contributed by atoms with Gasteiger partial charge in [-0.2, -0.15) is 0 Å². The summed E-state index contributed by atoms with van der Waals surface area (Å²) in [6.07, 6.45) is 2.03. The van der Waals surface area contributed by atoms with E-state index in [0.717, 1.165) is 39.1 Å². The predicted octanol–water partition coefficient (Wildman–Crippen LogP) is 0.0725. The molecule has 1 heterocycles. The van der Waals surface area contributed by atoms with Crippen LogP contribution in [0.25, 0.3) is 0 Å². The highest BCUT2D eigenvalue weighted by Crippen LogP contribution is 2.16. The molecule has 1 aliphatic heterocycles. The van der Waals surface area contributed by atoms with Gasteiger partial charge in [-0.1, -0.05) is 0 Å². The maximum atomic E-state index is 6.17. The predicted molar refractivity (Wildman–Crippen MR) is 56.3 cm³/mol. The molecule has 84 valence electrons. The molecule has 2 N–H and O–H groups in total. The van der Waals surface area contributed by atoms with Crippen molar-refractivity contribution in [1.82, 2.24) is 4.90 Å². The lowest BCUT2D eigenvalue weighted by molar-refractivity contribution is 0.150. The van der Waals surface area contributed by atoms with Crippen molar-refractivity contribution in [2.24, 2.45) is 5.73 Å². The SMILES string of the molecule is COCCCN(C)CC1(N)CCOC1. The van der Waals surface area contributed by atoms with Crippen LogP contribution in [0.5, 0.6) is 0 Å². The third kappa shape index (κ3) is 3.92. The molecule has 1 fully saturated rings. The minimum atomic E-state index is -0.123. The summed E-state index contributed by atoms with van der Waals surface area (Å²) in [5, 5.41) is 0. The van der Waals surface area contributed by atoms with Gasteiger partial charge in [-0.3, -0.25) is 0 Å². The summed E-state index contributed by atoms with van der Waals surface area (Å²) in [6.45, 7) is 4.27. The average molecular weight is 202 g/mol. The molecule has 0 aromatic heterocycles. The molecule has 0 bridgehead atoms. The van der Waals surface area contributed by atoms with Crippen LogP contribution in [0.1, 0.15) is 12.8 Å². The number of rotatable bonds is 6.